The van der Waals surface area contributed by atoms with Gasteiger partial charge in [-0.25, -0.2) is 41.2 Å². The monoisotopic (exact) mass is 617 g/mol. The largest absolute Gasteiger partial charge is 0.322 e. The van der Waals surface area contributed by atoms with Gasteiger partial charge in [-0.2, -0.15) is 5.10 Å². The molecule has 220 valence electrons. The Kier molecular flexibility index (Phi) is 7.18. The van der Waals surface area contributed by atoms with E-state index in [4.69, 9.17) is 4.98 Å². The molecule has 1 saturated heterocycles. The second-order valence-electron chi connectivity index (χ2n) is 10.4. The van der Waals surface area contributed by atoms with Crippen LogP contribution < -0.4 is 10.0 Å². The number of hydrogen-bond acceptors (Lipinski definition) is 9. The number of benzene rings is 2. The highest BCUT2D eigenvalue weighted by Crippen LogP contribution is 2.32. The predicted molar refractivity (Wildman–Crippen MR) is 162 cm³/mol. The summed E-state index contributed by atoms with van der Waals surface area (Å²) in [5.74, 6) is -0.476. The van der Waals surface area contributed by atoms with E-state index in [9.17, 15) is 21.6 Å². The van der Waals surface area contributed by atoms with E-state index in [0.29, 0.717) is 40.1 Å². The van der Waals surface area contributed by atoms with Gasteiger partial charge in [0.15, 0.2) is 15.5 Å². The average Bonchev–Trinajstić information content (AvgIpc) is 3.51. The molecule has 1 atom stereocenters. The second kappa shape index (κ2) is 10.9. The normalized spacial score (nSPS) is 16.3. The lowest BCUT2D eigenvalue weighted by Crippen LogP contribution is -2.16. The second-order valence-corrected chi connectivity index (χ2v) is 14.3. The molecule has 6 rings (SSSR count). The molecule has 1 unspecified atom stereocenters. The molecule has 0 saturated carbocycles. The van der Waals surface area contributed by atoms with Gasteiger partial charge in [-0.05, 0) is 56.7 Å². The van der Waals surface area contributed by atoms with Crippen molar-refractivity contribution in [3.63, 3.8) is 0 Å². The van der Waals surface area contributed by atoms with Crippen LogP contribution in [0.2, 0.25) is 0 Å². The first-order valence-electron chi connectivity index (χ1n) is 13.4. The van der Waals surface area contributed by atoms with Crippen molar-refractivity contribution in [1.29, 1.82) is 0 Å². The van der Waals surface area contributed by atoms with Crippen molar-refractivity contribution in [2.45, 2.75) is 31.2 Å². The molecule has 1 fully saturated rings. The third-order valence-corrected chi connectivity index (χ3v) is 10.3. The molecule has 5 aromatic rings. The number of pyridine rings is 1. The first kappa shape index (κ1) is 28.4. The molecule has 2 aromatic carbocycles. The van der Waals surface area contributed by atoms with Gasteiger partial charge < -0.3 is 5.32 Å². The zero-order valence-corrected chi connectivity index (χ0v) is 24.9. The first-order chi connectivity index (χ1) is 20.5. The van der Waals surface area contributed by atoms with E-state index in [0.717, 1.165) is 11.1 Å². The van der Waals surface area contributed by atoms with E-state index in [1.165, 1.54) is 36.7 Å². The summed E-state index contributed by atoms with van der Waals surface area (Å²) in [4.78, 5) is 26.3. The van der Waals surface area contributed by atoms with E-state index in [1.807, 2.05) is 31.2 Å². The maximum atomic E-state index is 13.8. The van der Waals surface area contributed by atoms with Crippen LogP contribution in [0.4, 0.5) is 11.6 Å². The molecule has 0 bridgehead atoms. The fourth-order valence-electron chi connectivity index (χ4n) is 5.03. The summed E-state index contributed by atoms with van der Waals surface area (Å²) >= 11 is 0. The molecule has 0 aliphatic carbocycles. The molecule has 1 aliphatic heterocycles. The van der Waals surface area contributed by atoms with E-state index in [1.54, 1.807) is 23.7 Å². The lowest BCUT2D eigenvalue weighted by atomic mass is 10.0. The molecular weight excluding hydrogens is 590 g/mol. The zero-order chi connectivity index (χ0) is 30.4. The van der Waals surface area contributed by atoms with Gasteiger partial charge in [-0.1, -0.05) is 29.8 Å². The smallest absolute Gasteiger partial charge is 0.264 e. The Morgan fingerprint density at radius 2 is 1.70 bits per heavy atom. The van der Waals surface area contributed by atoms with Gasteiger partial charge in [-0.15, -0.1) is 0 Å². The Labute approximate surface area is 248 Å². The molecular formula is C29H27N7O5S2. The summed E-state index contributed by atoms with van der Waals surface area (Å²) in [5.41, 5.74) is 4.04. The summed E-state index contributed by atoms with van der Waals surface area (Å²) in [6, 6.07) is 16.3. The Morgan fingerprint density at radius 1 is 1.00 bits per heavy atom. The van der Waals surface area contributed by atoms with Crippen molar-refractivity contribution in [1.82, 2.24) is 24.7 Å². The number of rotatable bonds is 7. The van der Waals surface area contributed by atoms with Crippen molar-refractivity contribution in [3.05, 3.63) is 89.9 Å². The van der Waals surface area contributed by atoms with Crippen LogP contribution in [-0.2, 0) is 19.9 Å². The lowest BCUT2D eigenvalue weighted by Gasteiger charge is -2.13. The van der Waals surface area contributed by atoms with Gasteiger partial charge in [-0.3, -0.25) is 4.79 Å². The lowest BCUT2D eigenvalue weighted by molar-refractivity contribution is 0.102. The number of aryl methyl sites for hydroxylation is 2. The van der Waals surface area contributed by atoms with Crippen LogP contribution in [0.3, 0.4) is 0 Å². The van der Waals surface area contributed by atoms with Crippen LogP contribution in [-0.4, -0.2) is 59.0 Å². The number of nitrogens with zero attached hydrogens (tertiary/aromatic N) is 5. The summed E-state index contributed by atoms with van der Waals surface area (Å²) in [6.45, 7) is 3.73. The standard InChI is InChI=1S/C29H27N7O5S2/c1-18-4-6-20(7-5-18)25-16-24(26-19(2)34-36(27(26)33-25)22-12-15-42(38,39)17-22)28(37)32-21-8-10-23(11-9-21)43(40,41)35-29-30-13-3-14-31-29/h3-11,13-14,16,22H,12,15,17H2,1-2H3,(H,32,37)(H,30,31,35). The fourth-order valence-corrected chi connectivity index (χ4v) is 7.68. The molecule has 4 heterocycles. The molecule has 2 N–H and O–H groups in total. The highest BCUT2D eigenvalue weighted by atomic mass is 32.2. The number of carbonyl (C=O) groups is 1. The molecule has 3 aromatic heterocycles. The predicted octanol–water partition coefficient (Wildman–Crippen LogP) is 3.92. The molecule has 14 heteroatoms. The summed E-state index contributed by atoms with van der Waals surface area (Å²) in [6.07, 6.45) is 3.26. The Hall–Kier alpha value is -4.69. The average molecular weight is 618 g/mol. The maximum absolute atomic E-state index is 13.8. The SMILES string of the molecule is Cc1ccc(-c2cc(C(=O)Nc3ccc(S(=O)(=O)Nc4ncccn4)cc3)c3c(C)nn(C4CCS(=O)(=O)C4)c3n2)cc1. The van der Waals surface area contributed by atoms with Crippen molar-refractivity contribution < 1.29 is 21.6 Å². The number of fused-ring (bicyclic) bond motifs is 1. The number of hydrogen-bond donors (Lipinski definition) is 2. The fraction of sp³-hybridized carbons (Fsp3) is 0.207. The number of amides is 1. The topological polar surface area (TPSA) is 166 Å². The van der Waals surface area contributed by atoms with Crippen LogP contribution in [0.5, 0.6) is 0 Å². The van der Waals surface area contributed by atoms with Crippen LogP contribution in [0.1, 0.15) is 34.1 Å². The molecule has 0 radical (unpaired) electrons. The van der Waals surface area contributed by atoms with Gasteiger partial charge in [0.05, 0.1) is 44.8 Å². The minimum Gasteiger partial charge on any atom is -0.322 e. The number of anilines is 2. The van der Waals surface area contributed by atoms with Gasteiger partial charge >= 0.3 is 0 Å². The van der Waals surface area contributed by atoms with Crippen molar-refractivity contribution in [3.8, 4) is 11.3 Å². The number of aromatic nitrogens is 5. The van der Waals surface area contributed by atoms with E-state index >= 15 is 0 Å². The molecule has 1 amide bonds. The molecule has 0 spiro atoms. The highest BCUT2D eigenvalue weighted by molar-refractivity contribution is 7.92. The summed E-state index contributed by atoms with van der Waals surface area (Å²) < 4.78 is 54.0. The van der Waals surface area contributed by atoms with Gasteiger partial charge in [0, 0.05) is 23.6 Å². The number of sulfone groups is 1. The first-order valence-corrected chi connectivity index (χ1v) is 16.7. The molecule has 43 heavy (non-hydrogen) atoms. The van der Waals surface area contributed by atoms with E-state index in [2.05, 4.69) is 25.1 Å². The minimum absolute atomic E-state index is 0.0328. The van der Waals surface area contributed by atoms with Crippen molar-refractivity contribution in [2.75, 3.05) is 21.5 Å². The molecule has 12 nitrogen and oxygen atoms in total. The highest BCUT2D eigenvalue weighted by Gasteiger charge is 2.32. The van der Waals surface area contributed by atoms with Crippen LogP contribution >= 0.6 is 0 Å². The summed E-state index contributed by atoms with van der Waals surface area (Å²) in [5, 5.41) is 8.00. The Bertz CT molecular complexity index is 2060. The van der Waals surface area contributed by atoms with Gasteiger partial charge in [0.1, 0.15) is 0 Å². The maximum Gasteiger partial charge on any atom is 0.264 e. The van der Waals surface area contributed by atoms with Crippen LogP contribution in [0, 0.1) is 13.8 Å². The quantitative estimate of drug-likeness (QED) is 0.275. The number of sulfonamides is 1. The van der Waals surface area contributed by atoms with E-state index < -0.39 is 25.8 Å². The van der Waals surface area contributed by atoms with Crippen LogP contribution in [0.15, 0.2) is 78.0 Å². The van der Waals surface area contributed by atoms with E-state index in [-0.39, 0.29) is 28.4 Å². The third kappa shape index (κ3) is 5.83. The summed E-state index contributed by atoms with van der Waals surface area (Å²) in [7, 11) is -7.14. The zero-order valence-electron chi connectivity index (χ0n) is 23.2. The van der Waals surface area contributed by atoms with Crippen LogP contribution in [0.25, 0.3) is 22.3 Å². The third-order valence-electron chi connectivity index (χ3n) is 7.20. The van der Waals surface area contributed by atoms with Gasteiger partial charge in [0.2, 0.25) is 5.95 Å². The van der Waals surface area contributed by atoms with Gasteiger partial charge in [0.25, 0.3) is 15.9 Å². The Morgan fingerprint density at radius 3 is 2.35 bits per heavy atom. The van der Waals surface area contributed by atoms with Crippen molar-refractivity contribution >= 4 is 48.4 Å². The molecule has 1 aliphatic rings. The van der Waals surface area contributed by atoms with Crippen molar-refractivity contribution in [2.24, 2.45) is 0 Å². The Balaban J connectivity index is 1.35. The number of carbonyl (C=O) groups excluding carboxylic acids is 1. The number of nitrogens with one attached hydrogen (secondary N) is 2. The minimum atomic E-state index is -3.95.